The van der Waals surface area contributed by atoms with Crippen molar-refractivity contribution in [1.29, 1.82) is 0 Å². The lowest BCUT2D eigenvalue weighted by Gasteiger charge is -2.22. The summed E-state index contributed by atoms with van der Waals surface area (Å²) in [6.07, 6.45) is 0. The average Bonchev–Trinajstić information content (AvgIpc) is 2.80. The van der Waals surface area contributed by atoms with Gasteiger partial charge >= 0.3 is 0 Å². The molecule has 102 valence electrons. The van der Waals surface area contributed by atoms with Crippen molar-refractivity contribution < 1.29 is 4.74 Å². The SMILES string of the molecule is COC(C)(C)Cn1nnnc1-c1ccc(C)c(N)c1. The topological polar surface area (TPSA) is 78.8 Å². The first-order valence-corrected chi connectivity index (χ1v) is 6.11. The van der Waals surface area contributed by atoms with E-state index in [1.807, 2.05) is 39.0 Å². The number of aromatic nitrogens is 4. The van der Waals surface area contributed by atoms with Crippen molar-refractivity contribution in [3.63, 3.8) is 0 Å². The van der Waals surface area contributed by atoms with E-state index in [-0.39, 0.29) is 5.60 Å². The Morgan fingerprint density at radius 3 is 2.74 bits per heavy atom. The molecule has 6 nitrogen and oxygen atoms in total. The van der Waals surface area contributed by atoms with Crippen LogP contribution in [0.5, 0.6) is 0 Å². The molecule has 2 aromatic rings. The Morgan fingerprint density at radius 1 is 1.37 bits per heavy atom. The summed E-state index contributed by atoms with van der Waals surface area (Å²) in [4.78, 5) is 0. The highest BCUT2D eigenvalue weighted by atomic mass is 16.5. The number of aryl methyl sites for hydroxylation is 1. The lowest BCUT2D eigenvalue weighted by atomic mass is 10.1. The Balaban J connectivity index is 2.36. The molecule has 2 rings (SSSR count). The quantitative estimate of drug-likeness (QED) is 0.847. The molecule has 0 bridgehead atoms. The Labute approximate surface area is 112 Å². The molecule has 0 radical (unpaired) electrons. The van der Waals surface area contributed by atoms with E-state index in [9.17, 15) is 0 Å². The maximum absolute atomic E-state index is 5.93. The van der Waals surface area contributed by atoms with Gasteiger partial charge in [0.15, 0.2) is 5.82 Å². The van der Waals surface area contributed by atoms with E-state index >= 15 is 0 Å². The second-order valence-corrected chi connectivity index (χ2v) is 5.20. The fourth-order valence-electron chi connectivity index (χ4n) is 1.72. The molecule has 19 heavy (non-hydrogen) atoms. The van der Waals surface area contributed by atoms with E-state index in [0.717, 1.165) is 16.8 Å². The number of hydrogen-bond acceptors (Lipinski definition) is 5. The Morgan fingerprint density at radius 2 is 2.11 bits per heavy atom. The van der Waals surface area contributed by atoms with Gasteiger partial charge in [-0.15, -0.1) is 5.10 Å². The zero-order valence-electron chi connectivity index (χ0n) is 11.7. The number of hydrogen-bond donors (Lipinski definition) is 1. The molecule has 0 spiro atoms. The molecule has 1 aromatic carbocycles. The van der Waals surface area contributed by atoms with Crippen molar-refractivity contribution in [1.82, 2.24) is 20.2 Å². The minimum Gasteiger partial charge on any atom is -0.398 e. The van der Waals surface area contributed by atoms with Crippen LogP contribution in [0.4, 0.5) is 5.69 Å². The Bertz CT molecular complexity index is 576. The largest absolute Gasteiger partial charge is 0.398 e. The van der Waals surface area contributed by atoms with Crippen LogP contribution in [-0.2, 0) is 11.3 Å². The van der Waals surface area contributed by atoms with E-state index in [2.05, 4.69) is 15.5 Å². The minimum atomic E-state index is -0.333. The molecule has 0 saturated heterocycles. The molecule has 2 N–H and O–H groups in total. The van der Waals surface area contributed by atoms with Crippen LogP contribution in [0.15, 0.2) is 18.2 Å². The summed E-state index contributed by atoms with van der Waals surface area (Å²) in [5, 5.41) is 11.8. The standard InChI is InChI=1S/C13H19N5O/c1-9-5-6-10(7-11(9)14)12-15-16-17-18(12)8-13(2,3)19-4/h5-7H,8,14H2,1-4H3. The fraction of sp³-hybridized carbons (Fsp3) is 0.462. The first kappa shape index (κ1) is 13.5. The number of anilines is 1. The van der Waals surface area contributed by atoms with E-state index in [0.29, 0.717) is 12.4 Å². The predicted molar refractivity (Wildman–Crippen MR) is 73.5 cm³/mol. The molecule has 0 unspecified atom stereocenters. The molecule has 0 aliphatic heterocycles. The van der Waals surface area contributed by atoms with Gasteiger partial charge in [-0.2, -0.15) is 0 Å². The van der Waals surface area contributed by atoms with Crippen molar-refractivity contribution in [2.75, 3.05) is 12.8 Å². The number of tetrazole rings is 1. The zero-order chi connectivity index (χ0) is 14.0. The average molecular weight is 261 g/mol. The maximum atomic E-state index is 5.93. The first-order chi connectivity index (χ1) is 8.93. The lowest BCUT2D eigenvalue weighted by Crippen LogP contribution is -2.30. The van der Waals surface area contributed by atoms with Crippen molar-refractivity contribution in [3.05, 3.63) is 23.8 Å². The number of nitrogen functional groups attached to an aromatic ring is 1. The van der Waals surface area contributed by atoms with Gasteiger partial charge in [-0.05, 0) is 42.8 Å². The highest BCUT2D eigenvalue weighted by Crippen LogP contribution is 2.22. The minimum absolute atomic E-state index is 0.333. The monoisotopic (exact) mass is 261 g/mol. The zero-order valence-corrected chi connectivity index (χ0v) is 11.7. The fourth-order valence-corrected chi connectivity index (χ4v) is 1.72. The van der Waals surface area contributed by atoms with E-state index in [4.69, 9.17) is 10.5 Å². The van der Waals surface area contributed by atoms with Crippen LogP contribution in [0.25, 0.3) is 11.4 Å². The van der Waals surface area contributed by atoms with Gasteiger partial charge in [-0.3, -0.25) is 0 Å². The summed E-state index contributed by atoms with van der Waals surface area (Å²) >= 11 is 0. The lowest BCUT2D eigenvalue weighted by molar-refractivity contribution is 0.00539. The molecule has 0 saturated carbocycles. The number of nitrogens with zero attached hydrogens (tertiary/aromatic N) is 4. The van der Waals surface area contributed by atoms with Crippen molar-refractivity contribution in [3.8, 4) is 11.4 Å². The number of rotatable bonds is 4. The third kappa shape index (κ3) is 2.90. The van der Waals surface area contributed by atoms with Gasteiger partial charge in [-0.25, -0.2) is 4.68 Å². The van der Waals surface area contributed by atoms with Gasteiger partial charge in [0.1, 0.15) is 0 Å². The van der Waals surface area contributed by atoms with Gasteiger partial charge < -0.3 is 10.5 Å². The summed E-state index contributed by atoms with van der Waals surface area (Å²) in [5.41, 5.74) is 8.27. The van der Waals surface area contributed by atoms with Crippen molar-refractivity contribution in [2.24, 2.45) is 0 Å². The number of benzene rings is 1. The van der Waals surface area contributed by atoms with E-state index < -0.39 is 0 Å². The smallest absolute Gasteiger partial charge is 0.182 e. The van der Waals surface area contributed by atoms with Crippen molar-refractivity contribution >= 4 is 5.69 Å². The maximum Gasteiger partial charge on any atom is 0.182 e. The molecule has 0 fully saturated rings. The summed E-state index contributed by atoms with van der Waals surface area (Å²) in [6, 6.07) is 5.82. The summed E-state index contributed by atoms with van der Waals surface area (Å²) in [5.74, 6) is 0.692. The molecule has 0 aliphatic rings. The van der Waals surface area contributed by atoms with Gasteiger partial charge in [0, 0.05) is 18.4 Å². The Hall–Kier alpha value is -1.95. The first-order valence-electron chi connectivity index (χ1n) is 6.11. The molecule has 0 amide bonds. The third-order valence-electron chi connectivity index (χ3n) is 3.15. The number of methoxy groups -OCH3 is 1. The highest BCUT2D eigenvalue weighted by Gasteiger charge is 2.21. The third-order valence-corrected chi connectivity index (χ3v) is 3.15. The summed E-state index contributed by atoms with van der Waals surface area (Å²) < 4.78 is 7.13. The van der Waals surface area contributed by atoms with Crippen LogP contribution in [0, 0.1) is 6.92 Å². The Kier molecular flexibility index (Phi) is 3.53. The summed E-state index contributed by atoms with van der Waals surface area (Å²) in [6.45, 7) is 6.51. The van der Waals surface area contributed by atoms with Gasteiger partial charge in [0.05, 0.1) is 12.1 Å². The molecule has 0 aliphatic carbocycles. The van der Waals surface area contributed by atoms with Gasteiger partial charge in [0.2, 0.25) is 0 Å². The second-order valence-electron chi connectivity index (χ2n) is 5.20. The number of nitrogens with two attached hydrogens (primary N) is 1. The van der Waals surface area contributed by atoms with Crippen LogP contribution in [0.1, 0.15) is 19.4 Å². The molecular weight excluding hydrogens is 242 g/mol. The molecule has 1 heterocycles. The normalized spacial score (nSPS) is 11.8. The highest BCUT2D eigenvalue weighted by molar-refractivity contribution is 5.63. The van der Waals surface area contributed by atoms with Crippen LogP contribution in [0.2, 0.25) is 0 Å². The van der Waals surface area contributed by atoms with Crippen LogP contribution >= 0.6 is 0 Å². The predicted octanol–water partition coefficient (Wildman–Crippen LogP) is 1.66. The molecule has 6 heteroatoms. The molecule has 1 aromatic heterocycles. The van der Waals surface area contributed by atoms with E-state index in [1.54, 1.807) is 11.8 Å². The van der Waals surface area contributed by atoms with Gasteiger partial charge in [0.25, 0.3) is 0 Å². The molecular formula is C13H19N5O. The van der Waals surface area contributed by atoms with Crippen molar-refractivity contribution in [2.45, 2.75) is 32.9 Å². The number of ether oxygens (including phenoxy) is 1. The van der Waals surface area contributed by atoms with Crippen LogP contribution in [-0.4, -0.2) is 32.9 Å². The second kappa shape index (κ2) is 4.97. The summed E-state index contributed by atoms with van der Waals surface area (Å²) in [7, 11) is 1.67. The molecule has 0 atom stereocenters. The van der Waals surface area contributed by atoms with Crippen LogP contribution < -0.4 is 5.73 Å². The van der Waals surface area contributed by atoms with Crippen LogP contribution in [0.3, 0.4) is 0 Å². The van der Waals surface area contributed by atoms with Gasteiger partial charge in [-0.1, -0.05) is 12.1 Å². The van der Waals surface area contributed by atoms with E-state index in [1.165, 1.54) is 0 Å².